The van der Waals surface area contributed by atoms with Gasteiger partial charge in [-0.3, -0.25) is 0 Å². The van der Waals surface area contributed by atoms with Crippen molar-refractivity contribution < 1.29 is 9.25 Å². The van der Waals surface area contributed by atoms with E-state index in [2.05, 4.69) is 10.1 Å². The van der Waals surface area contributed by atoms with Crippen LogP contribution in [0.15, 0.2) is 33.9 Å². The molecule has 0 radical (unpaired) electrons. The van der Waals surface area contributed by atoms with Crippen LogP contribution in [0.25, 0.3) is 0 Å². The zero-order chi connectivity index (χ0) is 14.0. The van der Waals surface area contributed by atoms with Gasteiger partial charge in [0.25, 0.3) is 5.03 Å². The van der Waals surface area contributed by atoms with Gasteiger partial charge in [0.05, 0.1) is 5.25 Å². The molecule has 2 aromatic rings. The van der Waals surface area contributed by atoms with Crippen LogP contribution >= 0.6 is 11.8 Å². The lowest BCUT2D eigenvalue weighted by atomic mass is 9.96. The van der Waals surface area contributed by atoms with E-state index in [0.717, 1.165) is 4.73 Å². The van der Waals surface area contributed by atoms with Gasteiger partial charge < -0.3 is 9.73 Å². The number of rotatable bonds is 3. The van der Waals surface area contributed by atoms with Crippen molar-refractivity contribution in [3.8, 4) is 0 Å². The van der Waals surface area contributed by atoms with Gasteiger partial charge in [-0.1, -0.05) is 25.9 Å². The Bertz CT molecular complexity index is 563. The molecule has 0 aliphatic rings. The van der Waals surface area contributed by atoms with Crippen molar-refractivity contribution in [2.45, 2.75) is 43.4 Å². The van der Waals surface area contributed by atoms with Crippen LogP contribution in [0.1, 0.15) is 44.7 Å². The third kappa shape index (κ3) is 3.26. The molecule has 2 heterocycles. The minimum absolute atomic E-state index is 0.0637. The van der Waals surface area contributed by atoms with Gasteiger partial charge >= 0.3 is 0 Å². The zero-order valence-electron chi connectivity index (χ0n) is 11.5. The molecule has 0 fully saturated rings. The summed E-state index contributed by atoms with van der Waals surface area (Å²) in [6, 6.07) is 5.30. The quantitative estimate of drug-likeness (QED) is 0.491. The molecule has 0 amide bonds. The lowest BCUT2D eigenvalue weighted by molar-refractivity contribution is -0.645. The molecule has 2 aromatic heterocycles. The molecule has 0 saturated carbocycles. The van der Waals surface area contributed by atoms with Crippen molar-refractivity contribution in [1.82, 2.24) is 10.1 Å². The second-order valence-electron chi connectivity index (χ2n) is 5.33. The summed E-state index contributed by atoms with van der Waals surface area (Å²) in [5, 5.41) is 16.1. The summed E-state index contributed by atoms with van der Waals surface area (Å²) >= 11 is 1.40. The van der Waals surface area contributed by atoms with E-state index in [1.807, 2.05) is 33.8 Å². The monoisotopic (exact) mass is 279 g/mol. The molecule has 0 spiro atoms. The Balaban J connectivity index is 2.15. The standard InChI is InChI=1S/C13H17N3O2S/c1-9(19-10-7-5-6-8-16(10)17)11-14-12(15-18-11)13(2,3)4/h5-9H,1-4H3. The van der Waals surface area contributed by atoms with Crippen LogP contribution < -0.4 is 4.73 Å². The van der Waals surface area contributed by atoms with Gasteiger partial charge in [0, 0.05) is 17.5 Å². The number of hydrogen-bond acceptors (Lipinski definition) is 5. The third-order valence-corrected chi connectivity index (χ3v) is 3.66. The highest BCUT2D eigenvalue weighted by Crippen LogP contribution is 2.32. The fraction of sp³-hybridized carbons (Fsp3) is 0.462. The molecule has 6 heteroatoms. The van der Waals surface area contributed by atoms with Crippen molar-refractivity contribution in [3.05, 3.63) is 41.3 Å². The smallest absolute Gasteiger partial charge is 0.252 e. The van der Waals surface area contributed by atoms with Crippen molar-refractivity contribution in [3.63, 3.8) is 0 Å². The predicted octanol–water partition coefficient (Wildman–Crippen LogP) is 2.85. The van der Waals surface area contributed by atoms with Crippen LogP contribution in [-0.4, -0.2) is 10.1 Å². The van der Waals surface area contributed by atoms with Crippen molar-refractivity contribution in [2.75, 3.05) is 0 Å². The highest BCUT2D eigenvalue weighted by molar-refractivity contribution is 7.99. The van der Waals surface area contributed by atoms with Crippen LogP contribution in [-0.2, 0) is 5.41 Å². The summed E-state index contributed by atoms with van der Waals surface area (Å²) in [5.74, 6) is 1.22. The summed E-state index contributed by atoms with van der Waals surface area (Å²) in [6.07, 6.45) is 1.48. The lowest BCUT2D eigenvalue weighted by Crippen LogP contribution is -2.27. The largest absolute Gasteiger partial charge is 0.618 e. The Labute approximate surface area is 116 Å². The normalized spacial score (nSPS) is 13.5. The van der Waals surface area contributed by atoms with Gasteiger partial charge in [-0.05, 0) is 24.8 Å². The number of pyridine rings is 1. The van der Waals surface area contributed by atoms with Crippen LogP contribution in [0.2, 0.25) is 0 Å². The first-order valence-electron chi connectivity index (χ1n) is 6.07. The number of aromatic nitrogens is 3. The van der Waals surface area contributed by atoms with Gasteiger partial charge in [-0.25, -0.2) is 0 Å². The molecule has 19 heavy (non-hydrogen) atoms. The zero-order valence-corrected chi connectivity index (χ0v) is 12.3. The maximum atomic E-state index is 11.6. The average molecular weight is 279 g/mol. The lowest BCUT2D eigenvalue weighted by Gasteiger charge is -2.11. The molecule has 5 nitrogen and oxygen atoms in total. The highest BCUT2D eigenvalue weighted by atomic mass is 32.2. The molecule has 2 rings (SSSR count). The van der Waals surface area contributed by atoms with Gasteiger partial charge in [0.2, 0.25) is 5.89 Å². The maximum absolute atomic E-state index is 11.6. The summed E-state index contributed by atoms with van der Waals surface area (Å²) in [5.41, 5.74) is -0.142. The van der Waals surface area contributed by atoms with E-state index in [-0.39, 0.29) is 10.7 Å². The fourth-order valence-corrected chi connectivity index (χ4v) is 2.32. The number of nitrogens with zero attached hydrogens (tertiary/aromatic N) is 3. The third-order valence-electron chi connectivity index (χ3n) is 2.55. The first kappa shape index (κ1) is 13.9. The molecule has 1 unspecified atom stereocenters. The van der Waals surface area contributed by atoms with Crippen LogP contribution in [0.3, 0.4) is 0 Å². The van der Waals surface area contributed by atoms with Crippen LogP contribution in [0, 0.1) is 5.21 Å². The Hall–Kier alpha value is -1.56. The molecule has 0 N–H and O–H groups in total. The summed E-state index contributed by atoms with van der Waals surface area (Å²) in [6.45, 7) is 8.03. The Morgan fingerprint density at radius 1 is 1.37 bits per heavy atom. The molecule has 102 valence electrons. The molecule has 0 aromatic carbocycles. The first-order valence-corrected chi connectivity index (χ1v) is 6.95. The van der Waals surface area contributed by atoms with E-state index < -0.39 is 0 Å². The molecule has 0 aliphatic heterocycles. The van der Waals surface area contributed by atoms with Crippen LogP contribution in [0.5, 0.6) is 0 Å². The average Bonchev–Trinajstić information content (AvgIpc) is 2.81. The van der Waals surface area contributed by atoms with E-state index in [0.29, 0.717) is 16.7 Å². The second-order valence-corrected chi connectivity index (χ2v) is 6.69. The van der Waals surface area contributed by atoms with E-state index in [1.54, 1.807) is 12.1 Å². The summed E-state index contributed by atoms with van der Waals surface area (Å²) in [7, 11) is 0. The molecule has 0 bridgehead atoms. The van der Waals surface area contributed by atoms with E-state index in [9.17, 15) is 5.21 Å². The highest BCUT2D eigenvalue weighted by Gasteiger charge is 2.24. The second kappa shape index (κ2) is 5.21. The van der Waals surface area contributed by atoms with E-state index in [1.165, 1.54) is 18.0 Å². The Morgan fingerprint density at radius 3 is 2.68 bits per heavy atom. The maximum Gasteiger partial charge on any atom is 0.252 e. The van der Waals surface area contributed by atoms with E-state index in [4.69, 9.17) is 4.52 Å². The Morgan fingerprint density at radius 2 is 2.11 bits per heavy atom. The topological polar surface area (TPSA) is 65.9 Å². The van der Waals surface area contributed by atoms with Crippen molar-refractivity contribution >= 4 is 11.8 Å². The van der Waals surface area contributed by atoms with Gasteiger partial charge in [0.1, 0.15) is 0 Å². The van der Waals surface area contributed by atoms with Gasteiger partial charge in [-0.15, -0.1) is 0 Å². The predicted molar refractivity (Wildman–Crippen MR) is 72.7 cm³/mol. The first-order chi connectivity index (χ1) is 8.88. The minimum atomic E-state index is -0.142. The van der Waals surface area contributed by atoms with Crippen molar-refractivity contribution in [2.24, 2.45) is 0 Å². The summed E-state index contributed by atoms with van der Waals surface area (Å²) < 4.78 is 6.11. The molecular formula is C13H17N3O2S. The molecule has 1 atom stereocenters. The van der Waals surface area contributed by atoms with Gasteiger partial charge in [0.15, 0.2) is 12.0 Å². The van der Waals surface area contributed by atoms with Gasteiger partial charge in [-0.2, -0.15) is 9.71 Å². The fourth-order valence-electron chi connectivity index (χ4n) is 1.44. The SMILES string of the molecule is CC(Sc1cccc[n+]1[O-])c1nc(C(C)(C)C)no1. The van der Waals surface area contributed by atoms with Crippen LogP contribution in [0.4, 0.5) is 0 Å². The molecule has 0 aliphatic carbocycles. The number of thioether (sulfide) groups is 1. The number of hydrogen-bond donors (Lipinski definition) is 0. The van der Waals surface area contributed by atoms with E-state index >= 15 is 0 Å². The summed E-state index contributed by atoms with van der Waals surface area (Å²) in [4.78, 5) is 4.40. The minimum Gasteiger partial charge on any atom is -0.618 e. The molecule has 0 saturated heterocycles. The van der Waals surface area contributed by atoms with Crippen molar-refractivity contribution in [1.29, 1.82) is 0 Å². The molecular weight excluding hydrogens is 262 g/mol. The Kier molecular flexibility index (Phi) is 3.80.